The van der Waals surface area contributed by atoms with Gasteiger partial charge < -0.3 is 9.42 Å². The van der Waals surface area contributed by atoms with Crippen molar-refractivity contribution in [2.45, 2.75) is 36.5 Å². The predicted octanol–water partition coefficient (Wildman–Crippen LogP) is 4.09. The first-order chi connectivity index (χ1) is 15.9. The van der Waals surface area contributed by atoms with E-state index in [-0.39, 0.29) is 23.1 Å². The van der Waals surface area contributed by atoms with Crippen LogP contribution in [0.2, 0.25) is 5.02 Å². The number of amides is 1. The number of anilines is 1. The summed E-state index contributed by atoms with van der Waals surface area (Å²) in [5.41, 5.74) is 1.39. The normalized spacial score (nSPS) is 19.8. The van der Waals surface area contributed by atoms with Gasteiger partial charge in [0.25, 0.3) is 0 Å². The van der Waals surface area contributed by atoms with Crippen LogP contribution in [-0.4, -0.2) is 48.4 Å². The largest absolute Gasteiger partial charge is 0.339 e. The van der Waals surface area contributed by atoms with Crippen LogP contribution in [0.4, 0.5) is 5.69 Å². The summed E-state index contributed by atoms with van der Waals surface area (Å²) in [6.45, 7) is 1.54. The van der Waals surface area contributed by atoms with E-state index in [2.05, 4.69) is 10.1 Å². The molecule has 0 N–H and O–H groups in total. The van der Waals surface area contributed by atoms with Gasteiger partial charge in [0.05, 0.1) is 10.8 Å². The van der Waals surface area contributed by atoms with Crippen LogP contribution >= 0.6 is 11.6 Å². The molecule has 2 aliphatic heterocycles. The summed E-state index contributed by atoms with van der Waals surface area (Å²) in [5.74, 6) is 0.485. The molecule has 0 bridgehead atoms. The number of sulfonamides is 1. The van der Waals surface area contributed by atoms with Gasteiger partial charge in [-0.2, -0.15) is 9.29 Å². The Morgan fingerprint density at radius 1 is 1.03 bits per heavy atom. The Bertz CT molecular complexity index is 1270. The van der Waals surface area contributed by atoms with Crippen molar-refractivity contribution < 1.29 is 17.7 Å². The first-order valence-electron chi connectivity index (χ1n) is 10.9. The highest BCUT2D eigenvalue weighted by atomic mass is 35.5. The van der Waals surface area contributed by atoms with Gasteiger partial charge in [0.15, 0.2) is 0 Å². The zero-order valence-corrected chi connectivity index (χ0v) is 19.4. The highest BCUT2D eigenvalue weighted by Crippen LogP contribution is 2.33. The quantitative estimate of drug-likeness (QED) is 0.539. The summed E-state index contributed by atoms with van der Waals surface area (Å²) in [5, 5.41) is 4.62. The molecular formula is C23H23ClN4O4S. The maximum Gasteiger partial charge on any atom is 0.243 e. The van der Waals surface area contributed by atoms with E-state index >= 15 is 0 Å². The minimum Gasteiger partial charge on any atom is -0.339 e. The van der Waals surface area contributed by atoms with Gasteiger partial charge in [-0.3, -0.25) is 4.79 Å². The Hall–Kier alpha value is -2.75. The van der Waals surface area contributed by atoms with E-state index in [1.807, 2.05) is 6.07 Å². The molecule has 1 unspecified atom stereocenters. The fourth-order valence-corrected chi connectivity index (χ4v) is 6.02. The van der Waals surface area contributed by atoms with Crippen LogP contribution in [0.25, 0.3) is 11.4 Å². The lowest BCUT2D eigenvalue weighted by molar-refractivity contribution is -0.117. The van der Waals surface area contributed by atoms with Crippen molar-refractivity contribution in [3.8, 4) is 11.4 Å². The van der Waals surface area contributed by atoms with E-state index in [4.69, 9.17) is 16.1 Å². The Balaban J connectivity index is 1.31. The SMILES string of the molecule is O=C1CC(c2nc(-c3ccc(S(=O)(=O)N4CCCCC4)cc3)no2)CN1c1cccc(Cl)c1. The van der Waals surface area contributed by atoms with Crippen LogP contribution in [0.15, 0.2) is 57.9 Å². The number of benzene rings is 2. The number of piperidine rings is 1. The van der Waals surface area contributed by atoms with E-state index < -0.39 is 10.0 Å². The predicted molar refractivity (Wildman–Crippen MR) is 124 cm³/mol. The number of nitrogens with zero attached hydrogens (tertiary/aromatic N) is 4. The third-order valence-electron chi connectivity index (χ3n) is 6.10. The van der Waals surface area contributed by atoms with E-state index in [9.17, 15) is 13.2 Å². The second-order valence-electron chi connectivity index (χ2n) is 8.33. The lowest BCUT2D eigenvalue weighted by Gasteiger charge is -2.25. The van der Waals surface area contributed by atoms with E-state index in [0.717, 1.165) is 24.9 Å². The number of aromatic nitrogens is 2. The highest BCUT2D eigenvalue weighted by molar-refractivity contribution is 7.89. The standard InChI is InChI=1S/C23H23ClN4O4S/c24-18-5-4-6-19(14-18)28-15-17(13-21(28)29)23-25-22(26-32-23)16-7-9-20(10-8-16)33(30,31)27-11-2-1-3-12-27/h4-10,14,17H,1-3,11-13,15H2. The van der Waals surface area contributed by atoms with Crippen LogP contribution in [0.3, 0.4) is 0 Å². The smallest absolute Gasteiger partial charge is 0.243 e. The van der Waals surface area contributed by atoms with Gasteiger partial charge in [-0.1, -0.05) is 29.2 Å². The van der Waals surface area contributed by atoms with Gasteiger partial charge in [-0.25, -0.2) is 8.42 Å². The summed E-state index contributed by atoms with van der Waals surface area (Å²) >= 11 is 6.06. The molecule has 0 radical (unpaired) electrons. The lowest BCUT2D eigenvalue weighted by atomic mass is 10.1. The van der Waals surface area contributed by atoms with Crippen LogP contribution in [0.5, 0.6) is 0 Å². The molecule has 1 amide bonds. The third-order valence-corrected chi connectivity index (χ3v) is 8.25. The molecule has 2 aliphatic rings. The summed E-state index contributed by atoms with van der Waals surface area (Å²) in [6, 6.07) is 13.7. The van der Waals surface area contributed by atoms with Crippen LogP contribution < -0.4 is 4.90 Å². The van der Waals surface area contributed by atoms with Gasteiger partial charge in [-0.15, -0.1) is 0 Å². The first-order valence-corrected chi connectivity index (χ1v) is 12.7. The zero-order valence-electron chi connectivity index (χ0n) is 17.9. The number of hydrogen-bond acceptors (Lipinski definition) is 6. The van der Waals surface area contributed by atoms with Crippen molar-refractivity contribution in [3.05, 3.63) is 59.4 Å². The molecule has 172 valence electrons. The molecule has 8 nitrogen and oxygen atoms in total. The molecule has 0 saturated carbocycles. The summed E-state index contributed by atoms with van der Waals surface area (Å²) in [4.78, 5) is 18.9. The van der Waals surface area contributed by atoms with E-state index in [1.54, 1.807) is 51.7 Å². The van der Waals surface area contributed by atoms with Gasteiger partial charge in [-0.05, 0) is 55.3 Å². The Morgan fingerprint density at radius 3 is 2.52 bits per heavy atom. The monoisotopic (exact) mass is 486 g/mol. The van der Waals surface area contributed by atoms with Crippen molar-refractivity contribution in [1.29, 1.82) is 0 Å². The molecule has 3 heterocycles. The fraction of sp³-hybridized carbons (Fsp3) is 0.348. The maximum absolute atomic E-state index is 12.8. The molecule has 5 rings (SSSR count). The Labute approximate surface area is 197 Å². The molecule has 2 saturated heterocycles. The van der Waals surface area contributed by atoms with E-state index in [0.29, 0.717) is 41.9 Å². The molecule has 0 aliphatic carbocycles. The zero-order chi connectivity index (χ0) is 23.0. The van der Waals surface area contributed by atoms with Crippen molar-refractivity contribution in [2.75, 3.05) is 24.5 Å². The minimum atomic E-state index is -3.49. The topological polar surface area (TPSA) is 96.6 Å². The molecule has 2 fully saturated rings. The second kappa shape index (κ2) is 8.89. The Kier molecular flexibility index (Phi) is 5.94. The molecule has 0 spiro atoms. The average molecular weight is 487 g/mol. The van der Waals surface area contributed by atoms with Crippen molar-refractivity contribution in [2.24, 2.45) is 0 Å². The van der Waals surface area contributed by atoms with Crippen LogP contribution in [0, 0.1) is 0 Å². The molecule has 1 atom stereocenters. The van der Waals surface area contributed by atoms with Crippen molar-refractivity contribution in [3.63, 3.8) is 0 Å². The molecular weight excluding hydrogens is 464 g/mol. The maximum atomic E-state index is 12.8. The summed E-state index contributed by atoms with van der Waals surface area (Å²) < 4.78 is 32.7. The summed E-state index contributed by atoms with van der Waals surface area (Å²) in [6.07, 6.45) is 3.11. The fourth-order valence-electron chi connectivity index (χ4n) is 4.32. The molecule has 1 aromatic heterocycles. The second-order valence-corrected chi connectivity index (χ2v) is 10.7. The van der Waals surface area contributed by atoms with Crippen LogP contribution in [0.1, 0.15) is 37.5 Å². The van der Waals surface area contributed by atoms with Gasteiger partial charge in [0.1, 0.15) is 0 Å². The molecule has 10 heteroatoms. The highest BCUT2D eigenvalue weighted by Gasteiger charge is 2.35. The average Bonchev–Trinajstić information content (AvgIpc) is 3.47. The van der Waals surface area contributed by atoms with Crippen LogP contribution in [-0.2, 0) is 14.8 Å². The van der Waals surface area contributed by atoms with E-state index in [1.165, 1.54) is 0 Å². The molecule has 2 aromatic carbocycles. The number of carbonyl (C=O) groups is 1. The number of rotatable bonds is 5. The summed E-state index contributed by atoms with van der Waals surface area (Å²) in [7, 11) is -3.49. The number of carbonyl (C=O) groups excluding carboxylic acids is 1. The Morgan fingerprint density at radius 2 is 1.79 bits per heavy atom. The van der Waals surface area contributed by atoms with Gasteiger partial charge in [0.2, 0.25) is 27.6 Å². The molecule has 3 aromatic rings. The first kappa shape index (κ1) is 22.1. The molecule has 33 heavy (non-hydrogen) atoms. The van der Waals surface area contributed by atoms with Gasteiger partial charge >= 0.3 is 0 Å². The van der Waals surface area contributed by atoms with Gasteiger partial charge in [0, 0.05) is 42.3 Å². The van der Waals surface area contributed by atoms with Crippen molar-refractivity contribution >= 4 is 33.2 Å². The number of halogens is 1. The third kappa shape index (κ3) is 4.40. The minimum absolute atomic E-state index is 0.0331. The lowest BCUT2D eigenvalue weighted by Crippen LogP contribution is -2.35. The van der Waals surface area contributed by atoms with Crippen molar-refractivity contribution in [1.82, 2.24) is 14.4 Å². The number of hydrogen-bond donors (Lipinski definition) is 0.